The summed E-state index contributed by atoms with van der Waals surface area (Å²) in [5.74, 6) is 0.537. The van der Waals surface area contributed by atoms with E-state index in [4.69, 9.17) is 0 Å². The maximum atomic E-state index is 3.83. The van der Waals surface area contributed by atoms with E-state index in [9.17, 15) is 0 Å². The molecule has 2 aromatic carbocycles. The van der Waals surface area contributed by atoms with E-state index in [1.807, 2.05) is 0 Å². The highest BCUT2D eigenvalue weighted by Gasteiger charge is 2.38. The first-order valence-corrected chi connectivity index (χ1v) is 7.94. The molecule has 0 radical (unpaired) electrons. The predicted octanol–water partition coefficient (Wildman–Crippen LogP) is 4.70. The molecule has 110 valence electrons. The molecule has 0 bridgehead atoms. The Balaban J connectivity index is 1.73. The summed E-state index contributed by atoms with van der Waals surface area (Å²) in [4.78, 5) is 0. The SMILES string of the molecule is CC(CNC1c2ccccc2CC1(C)C)c1ccccc1. The molecule has 3 rings (SSSR count). The van der Waals surface area contributed by atoms with E-state index in [2.05, 4.69) is 80.7 Å². The monoisotopic (exact) mass is 279 g/mol. The smallest absolute Gasteiger partial charge is 0.0378 e. The molecule has 2 atom stereocenters. The van der Waals surface area contributed by atoms with Gasteiger partial charge in [-0.2, -0.15) is 0 Å². The Kier molecular flexibility index (Phi) is 3.86. The molecule has 0 fully saturated rings. The summed E-state index contributed by atoms with van der Waals surface area (Å²) in [6, 6.07) is 20.1. The summed E-state index contributed by atoms with van der Waals surface area (Å²) in [7, 11) is 0. The zero-order valence-corrected chi connectivity index (χ0v) is 13.3. The zero-order chi connectivity index (χ0) is 14.9. The first-order valence-electron chi connectivity index (χ1n) is 7.94. The molecule has 0 aromatic heterocycles. The van der Waals surface area contributed by atoms with Gasteiger partial charge in [-0.3, -0.25) is 0 Å². The fourth-order valence-electron chi connectivity index (χ4n) is 3.57. The van der Waals surface area contributed by atoms with Crippen LogP contribution in [0, 0.1) is 5.41 Å². The van der Waals surface area contributed by atoms with Gasteiger partial charge in [0.25, 0.3) is 0 Å². The Hall–Kier alpha value is -1.60. The Bertz CT molecular complexity index is 600. The highest BCUT2D eigenvalue weighted by Crippen LogP contribution is 2.45. The number of nitrogens with one attached hydrogen (secondary N) is 1. The molecule has 0 saturated carbocycles. The molecule has 0 saturated heterocycles. The fourth-order valence-corrected chi connectivity index (χ4v) is 3.57. The summed E-state index contributed by atoms with van der Waals surface area (Å²) in [5.41, 5.74) is 4.70. The molecule has 0 amide bonds. The van der Waals surface area contributed by atoms with Crippen molar-refractivity contribution >= 4 is 0 Å². The van der Waals surface area contributed by atoms with Gasteiger partial charge in [-0.15, -0.1) is 0 Å². The van der Waals surface area contributed by atoms with Crippen LogP contribution in [0.3, 0.4) is 0 Å². The highest BCUT2D eigenvalue weighted by molar-refractivity contribution is 5.37. The Morgan fingerprint density at radius 2 is 1.71 bits per heavy atom. The molecule has 2 unspecified atom stereocenters. The lowest BCUT2D eigenvalue weighted by Gasteiger charge is -2.30. The summed E-state index contributed by atoms with van der Waals surface area (Å²) in [6.45, 7) is 8.07. The van der Waals surface area contributed by atoms with Gasteiger partial charge in [0.2, 0.25) is 0 Å². The lowest BCUT2D eigenvalue weighted by atomic mass is 9.85. The van der Waals surface area contributed by atoms with Crippen molar-refractivity contribution in [2.75, 3.05) is 6.54 Å². The van der Waals surface area contributed by atoms with E-state index in [0.29, 0.717) is 17.4 Å². The average molecular weight is 279 g/mol. The van der Waals surface area contributed by atoms with Crippen molar-refractivity contribution in [2.24, 2.45) is 5.41 Å². The van der Waals surface area contributed by atoms with Crippen molar-refractivity contribution in [3.05, 3.63) is 71.3 Å². The lowest BCUT2D eigenvalue weighted by Crippen LogP contribution is -2.33. The third-order valence-corrected chi connectivity index (χ3v) is 4.79. The van der Waals surface area contributed by atoms with Gasteiger partial charge in [-0.1, -0.05) is 75.4 Å². The van der Waals surface area contributed by atoms with Gasteiger partial charge < -0.3 is 5.32 Å². The van der Waals surface area contributed by atoms with Gasteiger partial charge in [0.05, 0.1) is 0 Å². The number of fused-ring (bicyclic) bond motifs is 1. The van der Waals surface area contributed by atoms with Gasteiger partial charge in [-0.05, 0) is 34.4 Å². The Morgan fingerprint density at radius 1 is 1.05 bits per heavy atom. The molecular weight excluding hydrogens is 254 g/mol. The molecule has 1 aliphatic carbocycles. The molecule has 1 nitrogen and oxygen atoms in total. The predicted molar refractivity (Wildman–Crippen MR) is 89.5 cm³/mol. The van der Waals surface area contributed by atoms with Crippen molar-refractivity contribution < 1.29 is 0 Å². The van der Waals surface area contributed by atoms with Crippen LogP contribution in [0.25, 0.3) is 0 Å². The van der Waals surface area contributed by atoms with Crippen LogP contribution >= 0.6 is 0 Å². The summed E-state index contributed by atoms with van der Waals surface area (Å²) >= 11 is 0. The lowest BCUT2D eigenvalue weighted by molar-refractivity contribution is 0.267. The largest absolute Gasteiger partial charge is 0.309 e. The number of hydrogen-bond acceptors (Lipinski definition) is 1. The van der Waals surface area contributed by atoms with Gasteiger partial charge in [0.15, 0.2) is 0 Å². The molecular formula is C20H25N. The van der Waals surface area contributed by atoms with Crippen molar-refractivity contribution in [2.45, 2.75) is 39.2 Å². The summed E-state index contributed by atoms with van der Waals surface area (Å²) < 4.78 is 0. The van der Waals surface area contributed by atoms with Crippen molar-refractivity contribution in [1.29, 1.82) is 0 Å². The van der Waals surface area contributed by atoms with Gasteiger partial charge in [0.1, 0.15) is 0 Å². The highest BCUT2D eigenvalue weighted by atomic mass is 14.9. The van der Waals surface area contributed by atoms with Crippen LogP contribution in [0.15, 0.2) is 54.6 Å². The second-order valence-electron chi connectivity index (χ2n) is 7.02. The van der Waals surface area contributed by atoms with Crippen LogP contribution in [0.5, 0.6) is 0 Å². The molecule has 0 aliphatic heterocycles. The quantitative estimate of drug-likeness (QED) is 0.855. The van der Waals surface area contributed by atoms with E-state index >= 15 is 0 Å². The summed E-state index contributed by atoms with van der Waals surface area (Å²) in [5, 5.41) is 3.83. The van der Waals surface area contributed by atoms with Crippen LogP contribution < -0.4 is 5.32 Å². The van der Waals surface area contributed by atoms with Gasteiger partial charge in [0, 0.05) is 12.6 Å². The van der Waals surface area contributed by atoms with Crippen molar-refractivity contribution in [3.63, 3.8) is 0 Å². The second kappa shape index (κ2) is 5.65. The van der Waals surface area contributed by atoms with Crippen molar-refractivity contribution in [3.8, 4) is 0 Å². The summed E-state index contributed by atoms with van der Waals surface area (Å²) in [6.07, 6.45) is 1.17. The normalized spacial score (nSPS) is 21.0. The number of hydrogen-bond donors (Lipinski definition) is 1. The van der Waals surface area contributed by atoms with E-state index in [1.54, 1.807) is 0 Å². The zero-order valence-electron chi connectivity index (χ0n) is 13.3. The van der Waals surface area contributed by atoms with E-state index < -0.39 is 0 Å². The molecule has 0 spiro atoms. The molecule has 1 aliphatic rings. The number of rotatable bonds is 4. The van der Waals surface area contributed by atoms with E-state index in [1.165, 1.54) is 23.1 Å². The molecule has 0 heterocycles. The minimum absolute atomic E-state index is 0.292. The maximum Gasteiger partial charge on any atom is 0.0378 e. The van der Waals surface area contributed by atoms with Crippen LogP contribution in [0.2, 0.25) is 0 Å². The Labute approximate surface area is 128 Å². The Morgan fingerprint density at radius 3 is 2.48 bits per heavy atom. The minimum atomic E-state index is 0.292. The van der Waals surface area contributed by atoms with Crippen molar-refractivity contribution in [1.82, 2.24) is 5.32 Å². The average Bonchev–Trinajstić information content (AvgIpc) is 2.75. The topological polar surface area (TPSA) is 12.0 Å². The van der Waals surface area contributed by atoms with Gasteiger partial charge in [-0.25, -0.2) is 0 Å². The molecule has 1 heteroatoms. The maximum absolute atomic E-state index is 3.83. The molecule has 1 N–H and O–H groups in total. The van der Waals surface area contributed by atoms with Crippen LogP contribution in [-0.4, -0.2) is 6.54 Å². The first kappa shape index (κ1) is 14.3. The molecule has 21 heavy (non-hydrogen) atoms. The standard InChI is InChI=1S/C20H25N/c1-15(16-9-5-4-6-10-16)14-21-19-18-12-8-7-11-17(18)13-20(19,2)3/h4-12,15,19,21H,13-14H2,1-3H3. The van der Waals surface area contributed by atoms with Crippen LogP contribution in [0.4, 0.5) is 0 Å². The van der Waals surface area contributed by atoms with Gasteiger partial charge >= 0.3 is 0 Å². The van der Waals surface area contributed by atoms with E-state index in [-0.39, 0.29) is 0 Å². The third kappa shape index (κ3) is 2.89. The van der Waals surface area contributed by atoms with Crippen LogP contribution in [-0.2, 0) is 6.42 Å². The third-order valence-electron chi connectivity index (χ3n) is 4.79. The second-order valence-corrected chi connectivity index (χ2v) is 7.02. The number of benzene rings is 2. The first-order chi connectivity index (χ1) is 10.1. The van der Waals surface area contributed by atoms with Crippen LogP contribution in [0.1, 0.15) is 49.4 Å². The van der Waals surface area contributed by atoms with E-state index in [0.717, 1.165) is 6.54 Å². The molecule has 2 aromatic rings. The fraction of sp³-hybridized carbons (Fsp3) is 0.400. The minimum Gasteiger partial charge on any atom is -0.309 e.